The largest absolute Gasteiger partial charge is 0.379 e. The maximum Gasteiger partial charge on any atom is 0.226 e. The molecule has 1 N–H and O–H groups in total. The normalized spacial score (nSPS) is 25.3. The quantitative estimate of drug-likeness (QED) is 0.908. The van der Waals surface area contributed by atoms with Gasteiger partial charge in [0.15, 0.2) is 0 Å². The van der Waals surface area contributed by atoms with Crippen LogP contribution in [0.1, 0.15) is 44.6 Å². The summed E-state index contributed by atoms with van der Waals surface area (Å²) in [4.78, 5) is 17.4. The van der Waals surface area contributed by atoms with Crippen molar-refractivity contribution < 1.29 is 9.53 Å². The van der Waals surface area contributed by atoms with Gasteiger partial charge in [0, 0.05) is 22.9 Å². The molecule has 2 aliphatic rings. The van der Waals surface area contributed by atoms with E-state index in [0.717, 1.165) is 37.6 Å². The number of hydrogen-bond acceptors (Lipinski definition) is 3. The average Bonchev–Trinajstić information content (AvgIpc) is 3.09. The van der Waals surface area contributed by atoms with E-state index in [4.69, 9.17) is 4.74 Å². The Hall–Kier alpha value is -1.94. The maximum absolute atomic E-state index is 12.9. The number of amides is 1. The molecule has 4 rings (SSSR count). The van der Waals surface area contributed by atoms with Gasteiger partial charge in [-0.05, 0) is 37.0 Å². The van der Waals surface area contributed by atoms with Crippen molar-refractivity contribution in [2.75, 3.05) is 13.2 Å². The number of carbonyl (C=O) groups is 1. The second-order valence-electron chi connectivity index (χ2n) is 8.19. The molecule has 1 saturated carbocycles. The summed E-state index contributed by atoms with van der Waals surface area (Å²) in [6.07, 6.45) is 8.38. The van der Waals surface area contributed by atoms with Crippen molar-refractivity contribution in [2.24, 2.45) is 11.3 Å². The number of hydrogen-bond donors (Lipinski definition) is 1. The van der Waals surface area contributed by atoms with E-state index in [9.17, 15) is 4.79 Å². The molecule has 0 unspecified atom stereocenters. The van der Waals surface area contributed by atoms with Crippen LogP contribution in [0.3, 0.4) is 0 Å². The SMILES string of the molecule is CC1(C(=O)N[C@H]2COC[C@H]2Cc2ccnc3ccccc23)CCCCC1. The van der Waals surface area contributed by atoms with Gasteiger partial charge in [0.1, 0.15) is 0 Å². The zero-order valence-corrected chi connectivity index (χ0v) is 15.5. The first-order valence-corrected chi connectivity index (χ1v) is 9.87. The summed E-state index contributed by atoms with van der Waals surface area (Å²) in [7, 11) is 0. The van der Waals surface area contributed by atoms with Crippen molar-refractivity contribution in [3.8, 4) is 0 Å². The van der Waals surface area contributed by atoms with Crippen molar-refractivity contribution in [3.63, 3.8) is 0 Å². The molecule has 2 heterocycles. The molecule has 4 nitrogen and oxygen atoms in total. The fraction of sp³-hybridized carbons (Fsp3) is 0.545. The van der Waals surface area contributed by atoms with Crippen molar-refractivity contribution in [2.45, 2.75) is 51.5 Å². The molecule has 1 saturated heterocycles. The Morgan fingerprint density at radius 1 is 1.19 bits per heavy atom. The van der Waals surface area contributed by atoms with E-state index in [0.29, 0.717) is 19.1 Å². The smallest absolute Gasteiger partial charge is 0.226 e. The van der Waals surface area contributed by atoms with E-state index in [1.807, 2.05) is 18.3 Å². The molecule has 0 spiro atoms. The highest BCUT2D eigenvalue weighted by molar-refractivity contribution is 5.83. The van der Waals surface area contributed by atoms with E-state index in [-0.39, 0.29) is 17.4 Å². The summed E-state index contributed by atoms with van der Waals surface area (Å²) in [5.74, 6) is 0.536. The Labute approximate surface area is 155 Å². The number of nitrogens with one attached hydrogen (secondary N) is 1. The maximum atomic E-state index is 12.9. The molecule has 26 heavy (non-hydrogen) atoms. The zero-order valence-electron chi connectivity index (χ0n) is 15.5. The van der Waals surface area contributed by atoms with Gasteiger partial charge in [0.05, 0.1) is 24.8 Å². The van der Waals surface area contributed by atoms with Crippen LogP contribution in [-0.4, -0.2) is 30.1 Å². The Balaban J connectivity index is 1.47. The topological polar surface area (TPSA) is 51.2 Å². The van der Waals surface area contributed by atoms with Crippen molar-refractivity contribution >= 4 is 16.8 Å². The van der Waals surface area contributed by atoms with Crippen LogP contribution < -0.4 is 5.32 Å². The van der Waals surface area contributed by atoms with Crippen molar-refractivity contribution in [1.82, 2.24) is 10.3 Å². The van der Waals surface area contributed by atoms with Gasteiger partial charge in [0.2, 0.25) is 5.91 Å². The third kappa shape index (κ3) is 3.48. The third-order valence-corrected chi connectivity index (χ3v) is 6.24. The minimum absolute atomic E-state index is 0.105. The van der Waals surface area contributed by atoms with Crippen LogP contribution in [0.2, 0.25) is 0 Å². The molecule has 2 fully saturated rings. The molecule has 0 radical (unpaired) electrons. The number of carbonyl (C=O) groups excluding carboxylic acids is 1. The first-order valence-electron chi connectivity index (χ1n) is 9.87. The molecule has 4 heteroatoms. The molecule has 1 amide bonds. The molecule has 1 aliphatic heterocycles. The van der Waals surface area contributed by atoms with Crippen LogP contribution in [0.4, 0.5) is 0 Å². The van der Waals surface area contributed by atoms with Crippen LogP contribution in [0.25, 0.3) is 10.9 Å². The minimum Gasteiger partial charge on any atom is -0.379 e. The van der Waals surface area contributed by atoms with Gasteiger partial charge in [0.25, 0.3) is 0 Å². The van der Waals surface area contributed by atoms with Crippen LogP contribution >= 0.6 is 0 Å². The lowest BCUT2D eigenvalue weighted by atomic mass is 9.75. The lowest BCUT2D eigenvalue weighted by molar-refractivity contribution is -0.132. The van der Waals surface area contributed by atoms with E-state index in [2.05, 4.69) is 35.4 Å². The van der Waals surface area contributed by atoms with Crippen molar-refractivity contribution in [1.29, 1.82) is 0 Å². The summed E-state index contributed by atoms with van der Waals surface area (Å²) in [5.41, 5.74) is 2.11. The van der Waals surface area contributed by atoms with Crippen LogP contribution in [0.5, 0.6) is 0 Å². The van der Waals surface area contributed by atoms with E-state index in [1.165, 1.54) is 17.4 Å². The molecule has 1 aliphatic carbocycles. The number of ether oxygens (including phenoxy) is 1. The lowest BCUT2D eigenvalue weighted by Crippen LogP contribution is -2.48. The highest BCUT2D eigenvalue weighted by Crippen LogP contribution is 2.36. The Morgan fingerprint density at radius 2 is 2.00 bits per heavy atom. The van der Waals surface area contributed by atoms with Gasteiger partial charge in [-0.25, -0.2) is 0 Å². The van der Waals surface area contributed by atoms with Gasteiger partial charge >= 0.3 is 0 Å². The average molecular weight is 352 g/mol. The minimum atomic E-state index is -0.200. The van der Waals surface area contributed by atoms with Crippen LogP contribution in [-0.2, 0) is 16.0 Å². The summed E-state index contributed by atoms with van der Waals surface area (Å²) in [5, 5.41) is 4.53. The first kappa shape index (κ1) is 17.5. The lowest BCUT2D eigenvalue weighted by Gasteiger charge is -2.34. The number of pyridine rings is 1. The number of benzene rings is 1. The number of para-hydroxylation sites is 1. The highest BCUT2D eigenvalue weighted by Gasteiger charge is 2.38. The fourth-order valence-corrected chi connectivity index (χ4v) is 4.48. The van der Waals surface area contributed by atoms with Gasteiger partial charge in [-0.2, -0.15) is 0 Å². The monoisotopic (exact) mass is 352 g/mol. The Bertz CT molecular complexity index is 777. The third-order valence-electron chi connectivity index (χ3n) is 6.24. The van der Waals surface area contributed by atoms with E-state index in [1.54, 1.807) is 0 Å². The second-order valence-corrected chi connectivity index (χ2v) is 8.19. The van der Waals surface area contributed by atoms with Gasteiger partial charge in [-0.1, -0.05) is 44.4 Å². The van der Waals surface area contributed by atoms with Crippen LogP contribution in [0.15, 0.2) is 36.5 Å². The van der Waals surface area contributed by atoms with Crippen LogP contribution in [0, 0.1) is 11.3 Å². The number of rotatable bonds is 4. The summed E-state index contributed by atoms with van der Waals surface area (Å²) < 4.78 is 5.74. The molecular weight excluding hydrogens is 324 g/mol. The van der Waals surface area contributed by atoms with Gasteiger partial charge in [-0.15, -0.1) is 0 Å². The standard InChI is InChI=1S/C22H28N2O2/c1-22(10-5-2-6-11-22)21(25)24-20-15-26-14-17(20)13-16-9-12-23-19-8-4-3-7-18(16)19/h3-4,7-9,12,17,20H,2,5-6,10-11,13-15H2,1H3,(H,24,25)/t17-,20+/m1/s1. The first-order chi connectivity index (χ1) is 12.7. The summed E-state index contributed by atoms with van der Waals surface area (Å²) in [6, 6.07) is 10.5. The summed E-state index contributed by atoms with van der Waals surface area (Å²) >= 11 is 0. The summed E-state index contributed by atoms with van der Waals surface area (Å²) in [6.45, 7) is 3.45. The van der Waals surface area contributed by atoms with Gasteiger partial charge in [-0.3, -0.25) is 9.78 Å². The van der Waals surface area contributed by atoms with Gasteiger partial charge < -0.3 is 10.1 Å². The van der Waals surface area contributed by atoms with E-state index < -0.39 is 0 Å². The Kier molecular flexibility index (Phi) is 4.94. The second kappa shape index (κ2) is 7.36. The molecule has 1 aromatic carbocycles. The zero-order chi connectivity index (χ0) is 18.0. The molecule has 138 valence electrons. The Morgan fingerprint density at radius 3 is 2.85 bits per heavy atom. The number of nitrogens with zero attached hydrogens (tertiary/aromatic N) is 1. The molecule has 0 bridgehead atoms. The van der Waals surface area contributed by atoms with E-state index >= 15 is 0 Å². The fourth-order valence-electron chi connectivity index (χ4n) is 4.48. The number of aromatic nitrogens is 1. The number of fused-ring (bicyclic) bond motifs is 1. The predicted octanol–water partition coefficient (Wildman–Crippen LogP) is 3.88. The molecular formula is C22H28N2O2. The molecule has 2 aromatic rings. The predicted molar refractivity (Wildman–Crippen MR) is 103 cm³/mol. The van der Waals surface area contributed by atoms with Crippen molar-refractivity contribution in [3.05, 3.63) is 42.1 Å². The molecule has 2 atom stereocenters. The molecule has 1 aromatic heterocycles. The highest BCUT2D eigenvalue weighted by atomic mass is 16.5.